The van der Waals surface area contributed by atoms with Crippen molar-refractivity contribution in [2.45, 2.75) is 26.3 Å². The minimum absolute atomic E-state index is 0.576. The second-order valence-corrected chi connectivity index (χ2v) is 6.03. The van der Waals surface area contributed by atoms with Crippen LogP contribution in [0.1, 0.15) is 16.5 Å². The molecule has 0 amide bonds. The summed E-state index contributed by atoms with van der Waals surface area (Å²) in [4.78, 5) is 13.3. The smallest absolute Gasteiger partial charge is 0.111 e. The SMILES string of the molecule is Cc1nc(CCn2c(CCCl)nc3cnccc32)cs1. The Kier molecular flexibility index (Phi) is 3.98. The molecule has 0 aliphatic rings. The molecule has 6 heteroatoms. The number of fused-ring (bicyclic) bond motifs is 1. The van der Waals surface area contributed by atoms with Crippen LogP contribution >= 0.6 is 22.9 Å². The first-order valence-corrected chi connectivity index (χ1v) is 7.95. The van der Waals surface area contributed by atoms with E-state index in [0.29, 0.717) is 5.88 Å². The minimum Gasteiger partial charge on any atom is -0.327 e. The van der Waals surface area contributed by atoms with Crippen molar-refractivity contribution in [3.05, 3.63) is 40.4 Å². The summed E-state index contributed by atoms with van der Waals surface area (Å²) in [5.41, 5.74) is 3.19. The van der Waals surface area contributed by atoms with Crippen molar-refractivity contribution in [1.29, 1.82) is 0 Å². The maximum atomic E-state index is 5.88. The van der Waals surface area contributed by atoms with Crippen LogP contribution in [-0.4, -0.2) is 25.4 Å². The third-order valence-electron chi connectivity index (χ3n) is 3.21. The summed E-state index contributed by atoms with van der Waals surface area (Å²) < 4.78 is 2.23. The fourth-order valence-electron chi connectivity index (χ4n) is 2.31. The predicted octanol–water partition coefficient (Wildman–Crippen LogP) is 3.22. The third-order valence-corrected chi connectivity index (χ3v) is 4.22. The number of hydrogen-bond donors (Lipinski definition) is 0. The molecule has 3 heterocycles. The summed E-state index contributed by atoms with van der Waals surface area (Å²) >= 11 is 7.57. The van der Waals surface area contributed by atoms with Gasteiger partial charge in [0.15, 0.2) is 0 Å². The molecule has 0 radical (unpaired) electrons. The van der Waals surface area contributed by atoms with Crippen LogP contribution in [0.25, 0.3) is 11.0 Å². The molecule has 20 heavy (non-hydrogen) atoms. The van der Waals surface area contributed by atoms with Gasteiger partial charge < -0.3 is 4.57 Å². The average molecular weight is 307 g/mol. The molecule has 3 aromatic heterocycles. The number of aryl methyl sites for hydroxylation is 4. The molecule has 0 spiro atoms. The lowest BCUT2D eigenvalue weighted by Crippen LogP contribution is -2.07. The molecule has 0 aliphatic heterocycles. The summed E-state index contributed by atoms with van der Waals surface area (Å²) in [6.07, 6.45) is 5.29. The number of hydrogen-bond acceptors (Lipinski definition) is 4. The second kappa shape index (κ2) is 5.89. The molecule has 0 aliphatic carbocycles. The highest BCUT2D eigenvalue weighted by molar-refractivity contribution is 7.09. The fraction of sp³-hybridized carbons (Fsp3) is 0.357. The van der Waals surface area contributed by atoms with Crippen molar-refractivity contribution in [3.8, 4) is 0 Å². The Morgan fingerprint density at radius 3 is 2.95 bits per heavy atom. The maximum Gasteiger partial charge on any atom is 0.111 e. The number of imidazole rings is 1. The Morgan fingerprint density at radius 2 is 2.20 bits per heavy atom. The van der Waals surface area contributed by atoms with Crippen LogP contribution in [0.2, 0.25) is 0 Å². The minimum atomic E-state index is 0.576. The molecule has 0 aromatic carbocycles. The quantitative estimate of drug-likeness (QED) is 0.680. The molecule has 0 fully saturated rings. The van der Waals surface area contributed by atoms with Gasteiger partial charge in [-0.05, 0) is 13.0 Å². The molecular formula is C14H15ClN4S. The normalized spacial score (nSPS) is 11.3. The van der Waals surface area contributed by atoms with Crippen LogP contribution in [0, 0.1) is 6.92 Å². The van der Waals surface area contributed by atoms with Crippen LogP contribution < -0.4 is 0 Å². The van der Waals surface area contributed by atoms with Crippen molar-refractivity contribution in [3.63, 3.8) is 0 Å². The summed E-state index contributed by atoms with van der Waals surface area (Å²) in [5, 5.41) is 3.23. The van der Waals surface area contributed by atoms with Gasteiger partial charge in [0.05, 0.1) is 22.4 Å². The number of pyridine rings is 1. The van der Waals surface area contributed by atoms with Gasteiger partial charge >= 0.3 is 0 Å². The van der Waals surface area contributed by atoms with E-state index in [-0.39, 0.29) is 0 Å². The van der Waals surface area contributed by atoms with E-state index in [4.69, 9.17) is 11.6 Å². The maximum absolute atomic E-state index is 5.88. The van der Waals surface area contributed by atoms with E-state index < -0.39 is 0 Å². The Morgan fingerprint density at radius 1 is 1.30 bits per heavy atom. The standard InChI is InChI=1S/C14H15ClN4S/c1-10-17-11(9-20-10)4-7-19-13-3-6-16-8-12(13)18-14(19)2-5-15/h3,6,8-9H,2,4-5,7H2,1H3. The zero-order valence-electron chi connectivity index (χ0n) is 11.2. The van der Waals surface area contributed by atoms with Crippen molar-refractivity contribution < 1.29 is 0 Å². The number of halogens is 1. The van der Waals surface area contributed by atoms with E-state index in [1.54, 1.807) is 23.7 Å². The van der Waals surface area contributed by atoms with Crippen LogP contribution in [-0.2, 0) is 19.4 Å². The largest absolute Gasteiger partial charge is 0.327 e. The second-order valence-electron chi connectivity index (χ2n) is 4.59. The molecule has 3 rings (SSSR count). The molecule has 0 unspecified atom stereocenters. The van der Waals surface area contributed by atoms with Gasteiger partial charge in [0.1, 0.15) is 11.3 Å². The highest BCUT2D eigenvalue weighted by Gasteiger charge is 2.10. The first-order chi connectivity index (χ1) is 9.78. The highest BCUT2D eigenvalue weighted by atomic mass is 35.5. The Bertz CT molecular complexity index is 719. The first-order valence-electron chi connectivity index (χ1n) is 6.54. The van der Waals surface area contributed by atoms with E-state index in [1.165, 1.54) is 0 Å². The summed E-state index contributed by atoms with van der Waals surface area (Å²) in [7, 11) is 0. The molecule has 0 N–H and O–H groups in total. The molecule has 3 aromatic rings. The van der Waals surface area contributed by atoms with Gasteiger partial charge in [-0.1, -0.05) is 0 Å². The van der Waals surface area contributed by atoms with E-state index in [1.807, 2.05) is 13.0 Å². The lowest BCUT2D eigenvalue weighted by molar-refractivity contribution is 0.667. The van der Waals surface area contributed by atoms with Gasteiger partial charge in [-0.15, -0.1) is 22.9 Å². The van der Waals surface area contributed by atoms with Gasteiger partial charge in [-0.2, -0.15) is 0 Å². The highest BCUT2D eigenvalue weighted by Crippen LogP contribution is 2.17. The zero-order chi connectivity index (χ0) is 13.9. The lowest BCUT2D eigenvalue weighted by atomic mass is 10.3. The van der Waals surface area contributed by atoms with Crippen molar-refractivity contribution in [1.82, 2.24) is 19.5 Å². The molecule has 4 nitrogen and oxygen atoms in total. The van der Waals surface area contributed by atoms with Gasteiger partial charge in [-0.25, -0.2) is 9.97 Å². The summed E-state index contributed by atoms with van der Waals surface area (Å²) in [5.74, 6) is 1.60. The monoisotopic (exact) mass is 306 g/mol. The molecule has 0 bridgehead atoms. The van der Waals surface area contributed by atoms with Crippen LogP contribution in [0.4, 0.5) is 0 Å². The zero-order valence-corrected chi connectivity index (χ0v) is 12.8. The Hall–Kier alpha value is -1.46. The number of thiazole rings is 1. The van der Waals surface area contributed by atoms with Crippen molar-refractivity contribution in [2.75, 3.05) is 5.88 Å². The molecule has 0 saturated heterocycles. The number of nitrogens with zero attached hydrogens (tertiary/aromatic N) is 4. The number of alkyl halides is 1. The van der Waals surface area contributed by atoms with Gasteiger partial charge in [0.25, 0.3) is 0 Å². The van der Waals surface area contributed by atoms with Crippen LogP contribution in [0.5, 0.6) is 0 Å². The summed E-state index contributed by atoms with van der Waals surface area (Å²) in [6, 6.07) is 2.01. The fourth-order valence-corrected chi connectivity index (χ4v) is 3.12. The summed E-state index contributed by atoms with van der Waals surface area (Å²) in [6.45, 7) is 2.90. The number of rotatable bonds is 5. The first kappa shape index (κ1) is 13.5. The predicted molar refractivity (Wildman–Crippen MR) is 82.5 cm³/mol. The van der Waals surface area contributed by atoms with Gasteiger partial charge in [0.2, 0.25) is 0 Å². The Labute approximate surface area is 126 Å². The third kappa shape index (κ3) is 2.69. The van der Waals surface area contributed by atoms with E-state index in [0.717, 1.165) is 46.9 Å². The van der Waals surface area contributed by atoms with Crippen molar-refractivity contribution >= 4 is 34.0 Å². The molecule has 104 valence electrons. The van der Waals surface area contributed by atoms with Gasteiger partial charge in [-0.3, -0.25) is 4.98 Å². The lowest BCUT2D eigenvalue weighted by Gasteiger charge is -2.07. The van der Waals surface area contributed by atoms with Crippen LogP contribution in [0.3, 0.4) is 0 Å². The van der Waals surface area contributed by atoms with E-state index in [9.17, 15) is 0 Å². The average Bonchev–Trinajstić information content (AvgIpc) is 3.00. The van der Waals surface area contributed by atoms with E-state index >= 15 is 0 Å². The molecule has 0 atom stereocenters. The van der Waals surface area contributed by atoms with E-state index in [2.05, 4.69) is 24.9 Å². The molecular weight excluding hydrogens is 292 g/mol. The topological polar surface area (TPSA) is 43.6 Å². The van der Waals surface area contributed by atoms with Crippen LogP contribution in [0.15, 0.2) is 23.8 Å². The molecule has 0 saturated carbocycles. The van der Waals surface area contributed by atoms with Gasteiger partial charge in [0, 0.05) is 36.8 Å². The number of aromatic nitrogens is 4. The Balaban J connectivity index is 1.90. The van der Waals surface area contributed by atoms with Crippen molar-refractivity contribution in [2.24, 2.45) is 0 Å².